The van der Waals surface area contributed by atoms with Crippen molar-refractivity contribution in [1.29, 1.82) is 0 Å². The zero-order valence-corrected chi connectivity index (χ0v) is 22.0. The van der Waals surface area contributed by atoms with Crippen LogP contribution in [0.4, 0.5) is 0 Å². The lowest BCUT2D eigenvalue weighted by Crippen LogP contribution is -2.39. The van der Waals surface area contributed by atoms with Gasteiger partial charge in [0.1, 0.15) is 5.84 Å². The van der Waals surface area contributed by atoms with Gasteiger partial charge in [0.15, 0.2) is 0 Å². The minimum absolute atomic E-state index is 0.0938. The Bertz CT molecular complexity index is 1200. The van der Waals surface area contributed by atoms with Crippen LogP contribution in [0.2, 0.25) is 0 Å². The summed E-state index contributed by atoms with van der Waals surface area (Å²) in [6.45, 7) is 6.07. The van der Waals surface area contributed by atoms with E-state index in [2.05, 4.69) is 24.5 Å². The first-order chi connectivity index (χ1) is 17.9. The molecule has 5 rings (SSSR count). The average Bonchev–Trinajstić information content (AvgIpc) is 3.71. The molecule has 0 spiro atoms. The second kappa shape index (κ2) is 10.6. The van der Waals surface area contributed by atoms with E-state index in [4.69, 9.17) is 15.5 Å². The third-order valence-corrected chi connectivity index (χ3v) is 7.78. The third kappa shape index (κ3) is 5.26. The van der Waals surface area contributed by atoms with E-state index >= 15 is 0 Å². The number of amidine groups is 1. The molecule has 37 heavy (non-hydrogen) atoms. The number of benzene rings is 2. The zero-order valence-electron chi connectivity index (χ0n) is 22.0. The van der Waals surface area contributed by atoms with E-state index in [1.54, 1.807) is 12.1 Å². The summed E-state index contributed by atoms with van der Waals surface area (Å²) in [5, 5.41) is 1.87. The number of carbonyl (C=O) groups excluding carboxylic acids is 2. The van der Waals surface area contributed by atoms with Gasteiger partial charge in [-0.1, -0.05) is 25.1 Å². The molecule has 1 aliphatic carbocycles. The number of nitrogens with one attached hydrogen (secondary N) is 1. The van der Waals surface area contributed by atoms with E-state index in [9.17, 15) is 9.59 Å². The molecule has 2 heterocycles. The van der Waals surface area contributed by atoms with E-state index < -0.39 is 5.91 Å². The number of amides is 2. The summed E-state index contributed by atoms with van der Waals surface area (Å²) >= 11 is 0. The monoisotopic (exact) mass is 503 g/mol. The van der Waals surface area contributed by atoms with Crippen LogP contribution >= 0.6 is 0 Å². The lowest BCUT2D eigenvalue weighted by Gasteiger charge is -2.33. The molecule has 2 aromatic rings. The molecule has 0 aromatic heterocycles. The Balaban J connectivity index is 1.36. The fraction of sp³-hybridized carbons (Fsp3) is 0.483. The maximum absolute atomic E-state index is 13.8. The summed E-state index contributed by atoms with van der Waals surface area (Å²) < 4.78 is 5.74. The fourth-order valence-electron chi connectivity index (χ4n) is 5.47. The SMILES string of the molecule is CCOC1N=C(c2cc(C(=O)N3CCC(c4ccc(C(N)=O)cc4)CC3)c(CC)cc2C2CC2)NN1C. The van der Waals surface area contributed by atoms with Crippen molar-refractivity contribution >= 4 is 17.6 Å². The van der Waals surface area contributed by atoms with Crippen molar-refractivity contribution in [3.63, 3.8) is 0 Å². The van der Waals surface area contributed by atoms with Crippen molar-refractivity contribution in [3.05, 3.63) is 69.8 Å². The molecule has 2 aromatic carbocycles. The highest BCUT2D eigenvalue weighted by atomic mass is 16.5. The summed E-state index contributed by atoms with van der Waals surface area (Å²) in [5.74, 6) is 1.35. The lowest BCUT2D eigenvalue weighted by molar-refractivity contribution is -0.0362. The maximum atomic E-state index is 13.8. The number of primary amides is 1. The first kappa shape index (κ1) is 25.4. The number of ether oxygens (including phenoxy) is 1. The lowest BCUT2D eigenvalue weighted by atomic mass is 9.88. The number of aliphatic imine (C=N–C) groups is 1. The molecule has 8 nitrogen and oxygen atoms in total. The smallest absolute Gasteiger partial charge is 0.254 e. The highest BCUT2D eigenvalue weighted by Crippen LogP contribution is 2.43. The van der Waals surface area contributed by atoms with Crippen LogP contribution in [0.5, 0.6) is 0 Å². The fourth-order valence-corrected chi connectivity index (χ4v) is 5.47. The first-order valence-corrected chi connectivity index (χ1v) is 13.4. The standard InChI is InChI=1S/C29H37N5O3/c1-4-18-16-23(21-8-9-21)25(27-31-29(37-5-2)33(3)32-27)17-24(18)28(36)34-14-12-20(13-15-34)19-6-10-22(11-7-19)26(30)35/h6-7,10-11,16-17,20-21,29H,4-5,8-9,12-15H2,1-3H3,(H2,30,35)(H,31,32). The molecule has 1 unspecified atom stereocenters. The zero-order chi connectivity index (χ0) is 26.1. The molecule has 3 aliphatic rings. The predicted octanol–water partition coefficient (Wildman–Crippen LogP) is 3.76. The molecule has 3 N–H and O–H groups in total. The molecule has 1 saturated heterocycles. The largest absolute Gasteiger partial charge is 0.366 e. The topological polar surface area (TPSA) is 100 Å². The number of rotatable bonds is 8. The Kier molecular flexibility index (Phi) is 7.31. The molecule has 8 heteroatoms. The third-order valence-electron chi connectivity index (χ3n) is 7.78. The highest BCUT2D eigenvalue weighted by molar-refractivity contribution is 6.04. The van der Waals surface area contributed by atoms with Gasteiger partial charge in [-0.3, -0.25) is 15.0 Å². The van der Waals surface area contributed by atoms with Crippen LogP contribution in [-0.4, -0.2) is 60.7 Å². The van der Waals surface area contributed by atoms with Crippen molar-refractivity contribution in [3.8, 4) is 0 Å². The minimum atomic E-state index is -0.412. The van der Waals surface area contributed by atoms with Crippen molar-refractivity contribution < 1.29 is 14.3 Å². The highest BCUT2D eigenvalue weighted by Gasteiger charge is 2.33. The van der Waals surface area contributed by atoms with Crippen LogP contribution in [0.1, 0.15) is 94.3 Å². The van der Waals surface area contributed by atoms with Crippen molar-refractivity contribution in [2.24, 2.45) is 10.7 Å². The Labute approximate surface area is 218 Å². The quantitative estimate of drug-likeness (QED) is 0.571. The van der Waals surface area contributed by atoms with E-state index in [1.165, 1.54) is 24.0 Å². The van der Waals surface area contributed by atoms with Crippen LogP contribution in [0.25, 0.3) is 0 Å². The summed E-state index contributed by atoms with van der Waals surface area (Å²) in [6, 6.07) is 11.9. The Hall–Kier alpha value is -3.23. The van der Waals surface area contributed by atoms with E-state index in [1.807, 2.05) is 36.0 Å². The molecule has 2 aliphatic heterocycles. The normalized spacial score (nSPS) is 20.6. The van der Waals surface area contributed by atoms with Gasteiger partial charge >= 0.3 is 0 Å². The number of nitrogens with zero attached hydrogens (tertiary/aromatic N) is 3. The molecule has 2 amide bonds. The molecule has 0 radical (unpaired) electrons. The molecular formula is C29H37N5O3. The first-order valence-electron chi connectivity index (χ1n) is 13.4. The summed E-state index contributed by atoms with van der Waals surface area (Å²) in [6.07, 6.45) is 4.58. The number of aryl methyl sites for hydroxylation is 1. The predicted molar refractivity (Wildman–Crippen MR) is 143 cm³/mol. The number of hydrogen-bond donors (Lipinski definition) is 2. The summed E-state index contributed by atoms with van der Waals surface area (Å²) in [5.41, 5.74) is 14.6. The van der Waals surface area contributed by atoms with Crippen molar-refractivity contribution in [2.45, 2.75) is 64.1 Å². The van der Waals surface area contributed by atoms with Crippen LogP contribution in [0.15, 0.2) is 41.4 Å². The van der Waals surface area contributed by atoms with E-state index in [0.29, 0.717) is 37.1 Å². The average molecular weight is 504 g/mol. The molecule has 2 fully saturated rings. The van der Waals surface area contributed by atoms with Crippen LogP contribution in [0, 0.1) is 0 Å². The second-order valence-electron chi connectivity index (χ2n) is 10.3. The van der Waals surface area contributed by atoms with Crippen molar-refractivity contribution in [2.75, 3.05) is 26.7 Å². The molecule has 196 valence electrons. The molecule has 1 atom stereocenters. The molecule has 0 bridgehead atoms. The molecule has 1 saturated carbocycles. The Morgan fingerprint density at radius 2 is 1.76 bits per heavy atom. The van der Waals surface area contributed by atoms with Crippen molar-refractivity contribution in [1.82, 2.24) is 15.3 Å². The second-order valence-corrected chi connectivity index (χ2v) is 10.3. The summed E-state index contributed by atoms with van der Waals surface area (Å²) in [4.78, 5) is 32.0. The number of carbonyl (C=O) groups is 2. The molecular weight excluding hydrogens is 466 g/mol. The van der Waals surface area contributed by atoms with Crippen LogP contribution < -0.4 is 11.2 Å². The van der Waals surface area contributed by atoms with Crippen LogP contribution in [-0.2, 0) is 11.2 Å². The minimum Gasteiger partial charge on any atom is -0.366 e. The number of hydrazine groups is 1. The van der Waals surface area contributed by atoms with E-state index in [-0.39, 0.29) is 12.3 Å². The van der Waals surface area contributed by atoms with Gasteiger partial charge in [0.25, 0.3) is 5.91 Å². The Morgan fingerprint density at radius 3 is 2.35 bits per heavy atom. The summed E-state index contributed by atoms with van der Waals surface area (Å²) in [7, 11) is 1.92. The Morgan fingerprint density at radius 1 is 1.05 bits per heavy atom. The van der Waals surface area contributed by atoms with Gasteiger partial charge in [0, 0.05) is 43.4 Å². The van der Waals surface area contributed by atoms with Gasteiger partial charge in [-0.05, 0) is 85.8 Å². The van der Waals surface area contributed by atoms with Gasteiger partial charge < -0.3 is 15.4 Å². The number of likely N-dealkylation sites (tertiary alicyclic amines) is 1. The van der Waals surface area contributed by atoms with Gasteiger partial charge in [-0.15, -0.1) is 0 Å². The van der Waals surface area contributed by atoms with Crippen LogP contribution in [0.3, 0.4) is 0 Å². The van der Waals surface area contributed by atoms with Gasteiger partial charge in [-0.2, -0.15) is 5.01 Å². The number of hydrogen-bond acceptors (Lipinski definition) is 6. The van der Waals surface area contributed by atoms with Gasteiger partial charge in [0.2, 0.25) is 12.3 Å². The van der Waals surface area contributed by atoms with Gasteiger partial charge in [0.05, 0.1) is 0 Å². The number of nitrogens with two attached hydrogens (primary N) is 1. The maximum Gasteiger partial charge on any atom is 0.254 e. The number of piperidine rings is 1. The van der Waals surface area contributed by atoms with Gasteiger partial charge in [-0.25, -0.2) is 4.99 Å². The van der Waals surface area contributed by atoms with E-state index in [0.717, 1.165) is 41.8 Å².